The zero-order valence-electron chi connectivity index (χ0n) is 18.3. The molecule has 0 aliphatic rings. The molecule has 0 saturated carbocycles. The summed E-state index contributed by atoms with van der Waals surface area (Å²) in [6, 6.07) is 35.5. The van der Waals surface area contributed by atoms with Crippen LogP contribution in [-0.2, 0) is 5.32 Å². The van der Waals surface area contributed by atoms with Gasteiger partial charge in [0, 0.05) is 0 Å². The van der Waals surface area contributed by atoms with Crippen molar-refractivity contribution < 1.29 is 13.6 Å². The minimum absolute atomic E-state index is 0.106. The van der Waals surface area contributed by atoms with Gasteiger partial charge in [-0.25, -0.2) is 0 Å². The van der Waals surface area contributed by atoms with Gasteiger partial charge in [-0.3, -0.25) is 0 Å². The van der Waals surface area contributed by atoms with E-state index in [2.05, 4.69) is 12.1 Å². The van der Waals surface area contributed by atoms with Crippen LogP contribution in [0.5, 0.6) is 0 Å². The van der Waals surface area contributed by atoms with Crippen molar-refractivity contribution in [3.05, 3.63) is 138 Å². The van der Waals surface area contributed by atoms with Crippen molar-refractivity contribution >= 4 is 25.2 Å². The number of hydrogen-bond donors (Lipinski definition) is 0. The van der Waals surface area contributed by atoms with Crippen LogP contribution in [0.15, 0.2) is 120 Å². The number of rotatable bonds is 7. The number of benzene rings is 4. The van der Waals surface area contributed by atoms with Gasteiger partial charge < -0.3 is 0 Å². The number of carbonyl (C=O) groups is 1. The quantitative estimate of drug-likeness (QED) is 0.184. The number of furan rings is 1. The molecule has 1 aromatic heterocycles. The van der Waals surface area contributed by atoms with Gasteiger partial charge in [0.25, 0.3) is 0 Å². The van der Waals surface area contributed by atoms with Crippen LogP contribution in [0.3, 0.4) is 0 Å². The Morgan fingerprint density at radius 1 is 0.706 bits per heavy atom. The molecule has 166 valence electrons. The molecule has 0 bridgehead atoms. The molecule has 1 heterocycles. The van der Waals surface area contributed by atoms with E-state index in [-0.39, 0.29) is 26.6 Å². The normalized spacial score (nSPS) is 10.9. The van der Waals surface area contributed by atoms with Crippen LogP contribution < -0.4 is 4.46 Å². The van der Waals surface area contributed by atoms with Gasteiger partial charge in [-0.2, -0.15) is 0 Å². The number of hydrogen-bond acceptors (Lipinski definition) is 2. The molecule has 0 amide bonds. The maximum atomic E-state index is 13.9. The Labute approximate surface area is 204 Å². The van der Waals surface area contributed by atoms with Crippen molar-refractivity contribution in [1.29, 1.82) is 0 Å². The van der Waals surface area contributed by atoms with Crippen molar-refractivity contribution in [3.8, 4) is 22.5 Å². The summed E-state index contributed by atoms with van der Waals surface area (Å²) in [7, 11) is 0. The topological polar surface area (TPSA) is 30.2 Å². The molecule has 0 atom stereocenters. The number of halogens is 1. The first-order chi connectivity index (χ1) is 16.7. The van der Waals surface area contributed by atoms with Gasteiger partial charge in [-0.1, -0.05) is 0 Å². The predicted octanol–water partition coefficient (Wildman–Crippen LogP) is 6.51. The van der Waals surface area contributed by atoms with E-state index in [4.69, 9.17) is 4.42 Å². The molecule has 34 heavy (non-hydrogen) atoms. The van der Waals surface area contributed by atoms with Crippen LogP contribution in [0.25, 0.3) is 22.5 Å². The first-order valence-corrected chi connectivity index (χ1v) is 13.0. The van der Waals surface area contributed by atoms with Crippen LogP contribution in [0.4, 0.5) is 4.39 Å². The van der Waals surface area contributed by atoms with Crippen molar-refractivity contribution in [2.45, 2.75) is 5.32 Å². The molecule has 0 radical (unpaired) electrons. The van der Waals surface area contributed by atoms with Crippen LogP contribution in [0.2, 0.25) is 0 Å². The Morgan fingerprint density at radius 2 is 1.29 bits per heavy atom. The summed E-state index contributed by atoms with van der Waals surface area (Å²) < 4.78 is 21.5. The molecule has 4 heteroatoms. The van der Waals surface area contributed by atoms with Crippen LogP contribution in [0, 0.1) is 5.82 Å². The third-order valence-corrected chi connectivity index (χ3v) is 7.65. The van der Waals surface area contributed by atoms with Gasteiger partial charge in [-0.05, 0) is 0 Å². The van der Waals surface area contributed by atoms with Crippen LogP contribution in [-0.4, -0.2) is 20.7 Å². The SMILES string of the molecule is O=C(c1ccccc1)c1c(-c2ccccc2)oc(C[Se]c2ccccc2)c1-c1ccc(F)cc1. The fraction of sp³-hybridized carbons (Fsp3) is 0.0333. The molecule has 4 aromatic carbocycles. The first-order valence-electron chi connectivity index (χ1n) is 11.0. The van der Waals surface area contributed by atoms with E-state index < -0.39 is 0 Å². The van der Waals surface area contributed by atoms with E-state index in [0.29, 0.717) is 22.2 Å². The van der Waals surface area contributed by atoms with Gasteiger partial charge in [0.15, 0.2) is 0 Å². The Bertz CT molecular complexity index is 1390. The molecular formula is C30H21FO2Se. The molecule has 0 spiro atoms. The second-order valence-corrected chi connectivity index (χ2v) is 9.97. The van der Waals surface area contributed by atoms with E-state index in [1.54, 1.807) is 12.1 Å². The average Bonchev–Trinajstić information content (AvgIpc) is 3.28. The summed E-state index contributed by atoms with van der Waals surface area (Å²) in [5.41, 5.74) is 3.45. The van der Waals surface area contributed by atoms with Crippen molar-refractivity contribution in [3.63, 3.8) is 0 Å². The fourth-order valence-corrected chi connectivity index (χ4v) is 5.70. The van der Waals surface area contributed by atoms with E-state index in [0.717, 1.165) is 22.5 Å². The van der Waals surface area contributed by atoms with Gasteiger partial charge in [0.1, 0.15) is 0 Å². The second kappa shape index (κ2) is 10.0. The van der Waals surface area contributed by atoms with Crippen LogP contribution in [0.1, 0.15) is 21.7 Å². The summed E-state index contributed by atoms with van der Waals surface area (Å²) in [5.74, 6) is 0.865. The third kappa shape index (κ3) is 4.65. The molecule has 5 rings (SSSR count). The molecule has 2 nitrogen and oxygen atoms in total. The van der Waals surface area contributed by atoms with E-state index >= 15 is 0 Å². The standard InChI is InChI=1S/C30H21FO2Se/c31-24-18-16-21(17-19-24)27-26(20-34-25-14-8-3-9-15-25)33-30(23-12-6-2-7-13-23)28(27)29(32)22-10-4-1-5-11-22/h1-19H,20H2. The summed E-state index contributed by atoms with van der Waals surface area (Å²) in [6.07, 6.45) is 0. The monoisotopic (exact) mass is 512 g/mol. The molecule has 0 aliphatic heterocycles. The van der Waals surface area contributed by atoms with Crippen LogP contribution >= 0.6 is 0 Å². The number of ketones is 1. The zero-order chi connectivity index (χ0) is 23.3. The van der Waals surface area contributed by atoms with E-state index in [1.165, 1.54) is 16.6 Å². The Kier molecular flexibility index (Phi) is 6.53. The van der Waals surface area contributed by atoms with Gasteiger partial charge >= 0.3 is 205 Å². The molecule has 5 aromatic rings. The Morgan fingerprint density at radius 3 is 1.94 bits per heavy atom. The minimum atomic E-state index is -0.318. The molecular weight excluding hydrogens is 490 g/mol. The van der Waals surface area contributed by atoms with E-state index in [9.17, 15) is 9.18 Å². The third-order valence-electron chi connectivity index (χ3n) is 5.53. The Balaban J connectivity index is 1.71. The molecule has 0 fully saturated rings. The van der Waals surface area contributed by atoms with Crippen molar-refractivity contribution in [2.24, 2.45) is 0 Å². The maximum absolute atomic E-state index is 13.9. The predicted molar refractivity (Wildman–Crippen MR) is 135 cm³/mol. The summed E-state index contributed by atoms with van der Waals surface area (Å²) in [6.45, 7) is 0. The van der Waals surface area contributed by atoms with Crippen molar-refractivity contribution in [1.82, 2.24) is 0 Å². The summed E-state index contributed by atoms with van der Waals surface area (Å²) in [5, 5.41) is 0.672. The Hall–Kier alpha value is -3.72. The molecule has 0 aliphatic carbocycles. The fourth-order valence-electron chi connectivity index (χ4n) is 3.91. The van der Waals surface area contributed by atoms with Crippen molar-refractivity contribution in [2.75, 3.05) is 0 Å². The summed E-state index contributed by atoms with van der Waals surface area (Å²) in [4.78, 5) is 13.9. The first kappa shape index (κ1) is 22.1. The average molecular weight is 511 g/mol. The second-order valence-electron chi connectivity index (χ2n) is 7.77. The number of carbonyl (C=O) groups excluding carboxylic acids is 1. The van der Waals surface area contributed by atoms with E-state index in [1.807, 2.05) is 78.9 Å². The zero-order valence-corrected chi connectivity index (χ0v) is 20.0. The molecule has 0 saturated heterocycles. The molecule has 0 unspecified atom stereocenters. The van der Waals surface area contributed by atoms with Gasteiger partial charge in [0.05, 0.1) is 0 Å². The molecule has 0 N–H and O–H groups in total. The summed E-state index contributed by atoms with van der Waals surface area (Å²) >= 11 is 0.106. The van der Waals surface area contributed by atoms with Gasteiger partial charge in [-0.15, -0.1) is 0 Å². The van der Waals surface area contributed by atoms with Gasteiger partial charge in [0.2, 0.25) is 0 Å².